The lowest BCUT2D eigenvalue weighted by molar-refractivity contribution is -0.386. The molecule has 0 bridgehead atoms. The van der Waals surface area contributed by atoms with Crippen molar-refractivity contribution in [3.8, 4) is 11.8 Å². The van der Waals surface area contributed by atoms with Gasteiger partial charge in [0.25, 0.3) is 0 Å². The number of ether oxygens (including phenoxy) is 1. The van der Waals surface area contributed by atoms with Gasteiger partial charge in [-0.25, -0.2) is 4.79 Å². The van der Waals surface area contributed by atoms with Crippen LogP contribution in [0.3, 0.4) is 0 Å². The molecule has 0 heterocycles. The third kappa shape index (κ3) is 3.44. The molecule has 0 amide bonds. The van der Waals surface area contributed by atoms with E-state index in [0.717, 1.165) is 12.1 Å². The lowest BCUT2D eigenvalue weighted by Gasteiger charge is -2.17. The molecule has 0 spiro atoms. The Morgan fingerprint density at radius 1 is 1.52 bits per heavy atom. The summed E-state index contributed by atoms with van der Waals surface area (Å²) in [7, 11) is 0. The van der Waals surface area contributed by atoms with Crippen LogP contribution in [0.5, 0.6) is 5.75 Å². The molecular weight excluding hydrogens is 284 g/mol. The van der Waals surface area contributed by atoms with E-state index >= 15 is 0 Å². The van der Waals surface area contributed by atoms with E-state index in [0.29, 0.717) is 0 Å². The molecule has 0 fully saturated rings. The number of aliphatic hydroxyl groups excluding tert-OH is 2. The number of benzene rings is 1. The van der Waals surface area contributed by atoms with Crippen LogP contribution in [0.25, 0.3) is 0 Å². The number of hydrogen-bond donors (Lipinski definition) is 3. The van der Waals surface area contributed by atoms with Crippen molar-refractivity contribution in [1.82, 2.24) is 0 Å². The van der Waals surface area contributed by atoms with E-state index in [2.05, 4.69) is 4.74 Å². The first-order valence-electron chi connectivity index (χ1n) is 5.77. The first-order chi connectivity index (χ1) is 9.83. The number of esters is 1. The quantitative estimate of drug-likeness (QED) is 0.393. The minimum atomic E-state index is -2.05. The van der Waals surface area contributed by atoms with Crippen LogP contribution >= 0.6 is 0 Å². The van der Waals surface area contributed by atoms with Gasteiger partial charge in [0.1, 0.15) is 6.10 Å². The standard InChI is InChI=1S/C12H12N2O7/c1-2-21-12(18)11(17)10(16)7-3-6(5-13)4-8(9(7)15)14(19)20/h3-4,10-11,15-17H,2H2,1H3. The number of aliphatic hydroxyl groups is 2. The van der Waals surface area contributed by atoms with Crippen LogP contribution in [0.2, 0.25) is 0 Å². The van der Waals surface area contributed by atoms with Crippen molar-refractivity contribution >= 4 is 11.7 Å². The first kappa shape index (κ1) is 16.4. The second-order valence-electron chi connectivity index (χ2n) is 3.94. The van der Waals surface area contributed by atoms with E-state index in [1.165, 1.54) is 6.92 Å². The molecule has 0 saturated carbocycles. The summed E-state index contributed by atoms with van der Waals surface area (Å²) >= 11 is 0. The van der Waals surface area contributed by atoms with Crippen molar-refractivity contribution in [2.75, 3.05) is 6.61 Å². The molecule has 2 unspecified atom stereocenters. The molecule has 0 aliphatic heterocycles. The molecule has 0 radical (unpaired) electrons. The lowest BCUT2D eigenvalue weighted by Crippen LogP contribution is -2.30. The molecule has 21 heavy (non-hydrogen) atoms. The average Bonchev–Trinajstić information content (AvgIpc) is 2.45. The molecule has 1 rings (SSSR count). The summed E-state index contributed by atoms with van der Waals surface area (Å²) in [6.45, 7) is 1.43. The number of nitro groups is 1. The van der Waals surface area contributed by atoms with Crippen LogP contribution < -0.4 is 0 Å². The number of carbonyl (C=O) groups excluding carboxylic acids is 1. The molecule has 0 aliphatic rings. The van der Waals surface area contributed by atoms with Gasteiger partial charge < -0.3 is 20.1 Å². The van der Waals surface area contributed by atoms with Crippen LogP contribution in [0.4, 0.5) is 5.69 Å². The van der Waals surface area contributed by atoms with Crippen LogP contribution in [0, 0.1) is 21.4 Å². The summed E-state index contributed by atoms with van der Waals surface area (Å²) < 4.78 is 4.49. The topological polar surface area (TPSA) is 154 Å². The van der Waals surface area contributed by atoms with Crippen molar-refractivity contribution in [1.29, 1.82) is 5.26 Å². The number of aromatic hydroxyl groups is 1. The maximum Gasteiger partial charge on any atom is 0.338 e. The minimum Gasteiger partial charge on any atom is -0.502 e. The van der Waals surface area contributed by atoms with Gasteiger partial charge in [-0.05, 0) is 13.0 Å². The fourth-order valence-corrected chi connectivity index (χ4v) is 1.60. The summed E-state index contributed by atoms with van der Waals surface area (Å²) in [5.74, 6) is -2.09. The largest absolute Gasteiger partial charge is 0.502 e. The van der Waals surface area contributed by atoms with Gasteiger partial charge in [-0.15, -0.1) is 0 Å². The van der Waals surface area contributed by atoms with Crippen molar-refractivity contribution < 1.29 is 29.8 Å². The molecular formula is C12H12N2O7. The highest BCUT2D eigenvalue weighted by Crippen LogP contribution is 2.36. The van der Waals surface area contributed by atoms with Crippen molar-refractivity contribution in [2.45, 2.75) is 19.1 Å². The fourth-order valence-electron chi connectivity index (χ4n) is 1.60. The third-order valence-corrected chi connectivity index (χ3v) is 2.59. The molecule has 0 aromatic heterocycles. The first-order valence-corrected chi connectivity index (χ1v) is 5.77. The SMILES string of the molecule is CCOC(=O)C(O)C(O)c1cc(C#N)cc([N+](=O)[O-])c1O. The van der Waals surface area contributed by atoms with Crippen molar-refractivity contribution in [3.05, 3.63) is 33.4 Å². The fraction of sp³-hybridized carbons (Fsp3) is 0.333. The molecule has 9 heteroatoms. The maximum atomic E-state index is 11.3. The second kappa shape index (κ2) is 6.65. The van der Waals surface area contributed by atoms with E-state index in [9.17, 15) is 30.2 Å². The molecule has 9 nitrogen and oxygen atoms in total. The van der Waals surface area contributed by atoms with Crippen molar-refractivity contribution in [2.24, 2.45) is 0 Å². The summed E-state index contributed by atoms with van der Waals surface area (Å²) in [6.07, 6.45) is -4.03. The van der Waals surface area contributed by atoms with Crippen molar-refractivity contribution in [3.63, 3.8) is 0 Å². The van der Waals surface area contributed by atoms with Gasteiger partial charge in [0.2, 0.25) is 0 Å². The van der Waals surface area contributed by atoms with E-state index < -0.39 is 40.1 Å². The number of phenolic OH excluding ortho intramolecular Hbond substituents is 1. The molecule has 112 valence electrons. The van der Waals surface area contributed by atoms with Gasteiger partial charge >= 0.3 is 11.7 Å². The highest BCUT2D eigenvalue weighted by molar-refractivity contribution is 5.76. The van der Waals surface area contributed by atoms with Gasteiger partial charge in [0.15, 0.2) is 11.9 Å². The number of rotatable bonds is 5. The summed E-state index contributed by atoms with van der Waals surface area (Å²) in [6, 6.07) is 3.36. The van der Waals surface area contributed by atoms with E-state index in [1.807, 2.05) is 0 Å². The Bertz CT molecular complexity index is 608. The Kier molecular flexibility index (Phi) is 5.18. The van der Waals surface area contributed by atoms with Crippen LogP contribution in [0.1, 0.15) is 24.2 Å². The zero-order valence-corrected chi connectivity index (χ0v) is 10.9. The predicted molar refractivity (Wildman–Crippen MR) is 67.1 cm³/mol. The number of carbonyl (C=O) groups is 1. The number of hydrogen-bond acceptors (Lipinski definition) is 8. The Morgan fingerprint density at radius 2 is 2.14 bits per heavy atom. The molecule has 1 aromatic rings. The van der Waals surface area contributed by atoms with Crippen LogP contribution in [-0.4, -0.2) is 38.9 Å². The molecule has 3 N–H and O–H groups in total. The van der Waals surface area contributed by atoms with Gasteiger partial charge in [0.05, 0.1) is 23.2 Å². The molecule has 2 atom stereocenters. The second-order valence-corrected chi connectivity index (χ2v) is 3.94. The lowest BCUT2D eigenvalue weighted by atomic mass is 10.00. The zero-order chi connectivity index (χ0) is 16.2. The van der Waals surface area contributed by atoms with Crippen LogP contribution in [0.15, 0.2) is 12.1 Å². The van der Waals surface area contributed by atoms with Gasteiger partial charge in [0, 0.05) is 11.6 Å². The highest BCUT2D eigenvalue weighted by Gasteiger charge is 2.32. The van der Waals surface area contributed by atoms with Gasteiger partial charge in [-0.2, -0.15) is 5.26 Å². The molecule has 0 aliphatic carbocycles. The van der Waals surface area contributed by atoms with E-state index in [4.69, 9.17) is 5.26 Å². The average molecular weight is 296 g/mol. The number of phenols is 1. The normalized spacial score (nSPS) is 13.0. The third-order valence-electron chi connectivity index (χ3n) is 2.59. The summed E-state index contributed by atoms with van der Waals surface area (Å²) in [5, 5.41) is 48.7. The van der Waals surface area contributed by atoms with Gasteiger partial charge in [-0.1, -0.05) is 0 Å². The molecule has 0 saturated heterocycles. The summed E-state index contributed by atoms with van der Waals surface area (Å²) in [5.41, 5.74) is -1.55. The number of nitriles is 1. The smallest absolute Gasteiger partial charge is 0.338 e. The Balaban J connectivity index is 3.29. The Labute approximate surface area is 118 Å². The van der Waals surface area contributed by atoms with E-state index in [1.54, 1.807) is 6.07 Å². The number of nitrogens with zero attached hydrogens (tertiary/aromatic N) is 2. The Hall–Kier alpha value is -2.70. The van der Waals surface area contributed by atoms with Crippen LogP contribution in [-0.2, 0) is 9.53 Å². The van der Waals surface area contributed by atoms with E-state index in [-0.39, 0.29) is 12.2 Å². The maximum absolute atomic E-state index is 11.3. The molecule has 1 aromatic carbocycles. The monoisotopic (exact) mass is 296 g/mol. The zero-order valence-electron chi connectivity index (χ0n) is 10.9. The Morgan fingerprint density at radius 3 is 2.62 bits per heavy atom. The minimum absolute atomic E-state index is 0.0486. The highest BCUT2D eigenvalue weighted by atomic mass is 16.6. The predicted octanol–water partition coefficient (Wildman–Crippen LogP) is 0.129. The summed E-state index contributed by atoms with van der Waals surface area (Å²) in [4.78, 5) is 21.1. The van der Waals surface area contributed by atoms with Gasteiger partial charge in [-0.3, -0.25) is 10.1 Å². The number of nitro benzene ring substituents is 1.